The maximum atomic E-state index is 12.1. The van der Waals surface area contributed by atoms with Crippen LogP contribution in [-0.2, 0) is 17.6 Å². The number of fused-ring (bicyclic) bond motifs is 4. The molecule has 0 unspecified atom stereocenters. The molecule has 0 aliphatic heterocycles. The summed E-state index contributed by atoms with van der Waals surface area (Å²) in [5.41, 5.74) is 5.59. The summed E-state index contributed by atoms with van der Waals surface area (Å²) >= 11 is 0. The van der Waals surface area contributed by atoms with Crippen LogP contribution in [-0.4, -0.2) is 23.0 Å². The van der Waals surface area contributed by atoms with Crippen molar-refractivity contribution in [3.8, 4) is 0 Å². The van der Waals surface area contributed by atoms with Crippen molar-refractivity contribution in [1.29, 1.82) is 0 Å². The number of nitrogens with zero attached hydrogens (tertiary/aromatic N) is 2. The number of benzene rings is 1. The van der Waals surface area contributed by atoms with Gasteiger partial charge in [-0.3, -0.25) is 9.97 Å². The molecule has 0 bridgehead atoms. The first-order valence-electron chi connectivity index (χ1n) is 7.48. The highest BCUT2D eigenvalue weighted by Crippen LogP contribution is 2.31. The molecule has 1 aliphatic carbocycles. The minimum Gasteiger partial charge on any atom is -0.465 e. The second-order valence-corrected chi connectivity index (χ2v) is 5.78. The number of rotatable bonds is 1. The van der Waals surface area contributed by atoms with Gasteiger partial charge in [0.05, 0.1) is 23.7 Å². The summed E-state index contributed by atoms with van der Waals surface area (Å²) in [4.78, 5) is 21.6. The highest BCUT2D eigenvalue weighted by molar-refractivity contribution is 6.13. The van der Waals surface area contributed by atoms with Gasteiger partial charge in [-0.15, -0.1) is 0 Å². The lowest BCUT2D eigenvalue weighted by atomic mass is 10.0. The Kier molecular flexibility index (Phi) is 2.86. The summed E-state index contributed by atoms with van der Waals surface area (Å²) < 4.78 is 4.93. The Morgan fingerprint density at radius 3 is 2.82 bits per heavy atom. The van der Waals surface area contributed by atoms with Gasteiger partial charge in [-0.2, -0.15) is 0 Å². The molecule has 0 saturated carbocycles. The number of esters is 1. The van der Waals surface area contributed by atoms with E-state index in [1.165, 1.54) is 18.4 Å². The quantitative estimate of drug-likeness (QED) is 0.510. The molecule has 110 valence electrons. The summed E-state index contributed by atoms with van der Waals surface area (Å²) in [6.07, 6.45) is 3.23. The van der Waals surface area contributed by atoms with Gasteiger partial charge in [-0.1, -0.05) is 6.07 Å². The minimum absolute atomic E-state index is 0.335. The fraction of sp³-hybridized carbons (Fsp3) is 0.278. The van der Waals surface area contributed by atoms with Gasteiger partial charge >= 0.3 is 5.97 Å². The van der Waals surface area contributed by atoms with Crippen molar-refractivity contribution in [2.24, 2.45) is 0 Å². The molecule has 0 amide bonds. The van der Waals surface area contributed by atoms with E-state index in [0.29, 0.717) is 5.56 Å². The number of ether oxygens (including phenoxy) is 1. The van der Waals surface area contributed by atoms with Crippen LogP contribution in [0.25, 0.3) is 21.8 Å². The summed E-state index contributed by atoms with van der Waals surface area (Å²) in [5, 5.41) is 1.77. The first-order valence-corrected chi connectivity index (χ1v) is 7.48. The van der Waals surface area contributed by atoms with Crippen LogP contribution in [0.15, 0.2) is 24.3 Å². The second kappa shape index (κ2) is 4.77. The fourth-order valence-electron chi connectivity index (χ4n) is 3.26. The van der Waals surface area contributed by atoms with E-state index in [-0.39, 0.29) is 5.97 Å². The predicted octanol–water partition coefficient (Wildman–Crippen LogP) is 3.37. The van der Waals surface area contributed by atoms with Gasteiger partial charge in [-0.25, -0.2) is 4.79 Å². The molecule has 4 rings (SSSR count). The van der Waals surface area contributed by atoms with Gasteiger partial charge < -0.3 is 4.74 Å². The highest BCUT2D eigenvalue weighted by Gasteiger charge is 2.19. The molecule has 0 N–H and O–H groups in total. The van der Waals surface area contributed by atoms with Gasteiger partial charge in [0.2, 0.25) is 0 Å². The molecule has 2 aromatic heterocycles. The average Bonchev–Trinajstić information content (AvgIpc) is 2.98. The van der Waals surface area contributed by atoms with Gasteiger partial charge in [0.25, 0.3) is 0 Å². The Morgan fingerprint density at radius 2 is 2.00 bits per heavy atom. The summed E-state index contributed by atoms with van der Waals surface area (Å²) in [5.74, 6) is -0.335. The zero-order chi connectivity index (χ0) is 15.3. The third-order valence-corrected chi connectivity index (χ3v) is 4.33. The molecule has 4 heteroatoms. The number of aromatic nitrogens is 2. The largest absolute Gasteiger partial charge is 0.465 e. The van der Waals surface area contributed by atoms with E-state index in [0.717, 1.165) is 46.8 Å². The van der Waals surface area contributed by atoms with E-state index in [1.807, 2.05) is 25.1 Å². The number of carbonyl (C=O) groups excluding carboxylic acids is 1. The molecular formula is C18H16N2O2. The first-order chi connectivity index (χ1) is 10.7. The van der Waals surface area contributed by atoms with Crippen molar-refractivity contribution in [3.05, 3.63) is 46.8 Å². The van der Waals surface area contributed by atoms with E-state index in [9.17, 15) is 4.79 Å². The van der Waals surface area contributed by atoms with Crippen molar-refractivity contribution >= 4 is 27.8 Å². The molecule has 0 saturated heterocycles. The van der Waals surface area contributed by atoms with Crippen LogP contribution in [0.5, 0.6) is 0 Å². The number of aryl methyl sites for hydroxylation is 3. The number of pyridine rings is 2. The maximum Gasteiger partial charge on any atom is 0.338 e. The average molecular weight is 292 g/mol. The van der Waals surface area contributed by atoms with E-state index in [1.54, 1.807) is 0 Å². The number of methoxy groups -OCH3 is 1. The fourth-order valence-corrected chi connectivity index (χ4v) is 3.26. The third kappa shape index (κ3) is 1.87. The summed E-state index contributed by atoms with van der Waals surface area (Å²) in [6.45, 7) is 1.95. The Labute approximate surface area is 128 Å². The van der Waals surface area contributed by atoms with Gasteiger partial charge in [-0.05, 0) is 49.9 Å². The Balaban J connectivity index is 2.16. The first kappa shape index (κ1) is 13.2. The minimum atomic E-state index is -0.335. The highest BCUT2D eigenvalue weighted by atomic mass is 16.5. The third-order valence-electron chi connectivity index (χ3n) is 4.33. The lowest BCUT2D eigenvalue weighted by molar-refractivity contribution is 0.0603. The molecule has 4 nitrogen and oxygen atoms in total. The molecule has 3 aromatic rings. The zero-order valence-corrected chi connectivity index (χ0v) is 12.6. The van der Waals surface area contributed by atoms with Gasteiger partial charge in [0, 0.05) is 22.2 Å². The predicted molar refractivity (Wildman–Crippen MR) is 85.1 cm³/mol. The second-order valence-electron chi connectivity index (χ2n) is 5.78. The number of hydrogen-bond donors (Lipinski definition) is 0. The van der Waals surface area contributed by atoms with Crippen molar-refractivity contribution in [3.63, 3.8) is 0 Å². The van der Waals surface area contributed by atoms with E-state index < -0.39 is 0 Å². The number of carbonyl (C=O) groups is 1. The molecule has 0 fully saturated rings. The monoisotopic (exact) mass is 292 g/mol. The van der Waals surface area contributed by atoms with Crippen molar-refractivity contribution in [1.82, 2.24) is 9.97 Å². The van der Waals surface area contributed by atoms with Gasteiger partial charge in [0.1, 0.15) is 0 Å². The van der Waals surface area contributed by atoms with E-state index >= 15 is 0 Å². The van der Waals surface area contributed by atoms with Crippen LogP contribution in [0.1, 0.15) is 33.7 Å². The molecule has 0 radical (unpaired) electrons. The zero-order valence-electron chi connectivity index (χ0n) is 12.6. The van der Waals surface area contributed by atoms with Crippen molar-refractivity contribution in [2.75, 3.05) is 7.11 Å². The Morgan fingerprint density at radius 1 is 1.14 bits per heavy atom. The molecular weight excluding hydrogens is 276 g/mol. The lowest BCUT2D eigenvalue weighted by Crippen LogP contribution is -2.04. The maximum absolute atomic E-state index is 12.1. The summed E-state index contributed by atoms with van der Waals surface area (Å²) in [6, 6.07) is 7.87. The molecule has 22 heavy (non-hydrogen) atoms. The van der Waals surface area contributed by atoms with Crippen molar-refractivity contribution in [2.45, 2.75) is 26.2 Å². The van der Waals surface area contributed by atoms with Crippen LogP contribution in [0.3, 0.4) is 0 Å². The molecule has 0 atom stereocenters. The van der Waals surface area contributed by atoms with E-state index in [4.69, 9.17) is 9.72 Å². The molecule has 1 aliphatic rings. The summed E-state index contributed by atoms with van der Waals surface area (Å²) in [7, 11) is 1.40. The lowest BCUT2D eigenvalue weighted by Gasteiger charge is -2.10. The molecule has 2 heterocycles. The Bertz CT molecular complexity index is 931. The standard InChI is InChI=1S/C18H16N2O2/c1-10-6-7-13-14(18(21)22-2)9-12-8-11-4-3-5-15(11)20-16(12)17(13)19-10/h6-9H,3-5H2,1-2H3. The van der Waals surface area contributed by atoms with Crippen molar-refractivity contribution < 1.29 is 9.53 Å². The van der Waals surface area contributed by atoms with Gasteiger partial charge in [0.15, 0.2) is 0 Å². The van der Waals surface area contributed by atoms with E-state index in [2.05, 4.69) is 11.1 Å². The molecule has 0 spiro atoms. The van der Waals surface area contributed by atoms with Crippen LogP contribution < -0.4 is 0 Å². The smallest absolute Gasteiger partial charge is 0.338 e. The van der Waals surface area contributed by atoms with Crippen LogP contribution in [0, 0.1) is 6.92 Å². The van der Waals surface area contributed by atoms with Crippen LogP contribution in [0.2, 0.25) is 0 Å². The Hall–Kier alpha value is -2.49. The number of hydrogen-bond acceptors (Lipinski definition) is 4. The van der Waals surface area contributed by atoms with Crippen LogP contribution in [0.4, 0.5) is 0 Å². The SMILES string of the molecule is COC(=O)c1cc2cc3c(nc2c2nc(C)ccc12)CCC3. The normalized spacial score (nSPS) is 13.5. The topological polar surface area (TPSA) is 52.1 Å². The molecule has 1 aromatic carbocycles. The van der Waals surface area contributed by atoms with Crippen LogP contribution >= 0.6 is 0 Å².